The molecule has 0 amide bonds. The van der Waals surface area contributed by atoms with Crippen LogP contribution in [-0.4, -0.2) is 0 Å². The van der Waals surface area contributed by atoms with Crippen molar-refractivity contribution in [2.24, 2.45) is 0 Å². The summed E-state index contributed by atoms with van der Waals surface area (Å²) in [7, 11) is 0. The number of hydrogen-bond acceptors (Lipinski definition) is 1. The average molecular weight is 640 g/mol. The largest absolute Gasteiger partial charge is 0.311 e. The van der Waals surface area contributed by atoms with E-state index in [1.54, 1.807) is 0 Å². The fourth-order valence-corrected chi connectivity index (χ4v) is 7.93. The molecular weight excluding hydrogens is 603 g/mol. The van der Waals surface area contributed by atoms with E-state index < -0.39 is 0 Å². The van der Waals surface area contributed by atoms with Gasteiger partial charge in [-0.15, -0.1) is 0 Å². The summed E-state index contributed by atoms with van der Waals surface area (Å²) >= 11 is 0. The molecule has 1 nitrogen and oxygen atoms in total. The minimum atomic E-state index is -0.0210. The van der Waals surface area contributed by atoms with Gasteiger partial charge >= 0.3 is 0 Å². The number of hydrogen-bond donors (Lipinski definition) is 0. The fourth-order valence-electron chi connectivity index (χ4n) is 7.93. The van der Waals surface area contributed by atoms with Crippen LogP contribution in [0.15, 0.2) is 188 Å². The van der Waals surface area contributed by atoms with Gasteiger partial charge < -0.3 is 4.90 Å². The Morgan fingerprint density at radius 3 is 1.64 bits per heavy atom. The van der Waals surface area contributed by atoms with Crippen LogP contribution in [0.5, 0.6) is 0 Å². The van der Waals surface area contributed by atoms with Crippen LogP contribution < -0.4 is 4.90 Å². The quantitative estimate of drug-likeness (QED) is 0.175. The van der Waals surface area contributed by atoms with Crippen molar-refractivity contribution in [1.82, 2.24) is 0 Å². The van der Waals surface area contributed by atoms with Crippen LogP contribution in [0.4, 0.5) is 17.1 Å². The van der Waals surface area contributed by atoms with Gasteiger partial charge in [-0.3, -0.25) is 0 Å². The van der Waals surface area contributed by atoms with Gasteiger partial charge in [-0.05, 0) is 109 Å². The van der Waals surface area contributed by atoms with Crippen LogP contribution in [0.2, 0.25) is 0 Å². The molecule has 50 heavy (non-hydrogen) atoms. The smallest absolute Gasteiger partial charge is 0.0462 e. The summed E-state index contributed by atoms with van der Waals surface area (Å²) in [5.74, 6) is 0. The molecule has 0 spiro atoms. The zero-order valence-corrected chi connectivity index (χ0v) is 28.3. The lowest BCUT2D eigenvalue weighted by atomic mass is 9.81. The van der Waals surface area contributed by atoms with E-state index in [2.05, 4.69) is 207 Å². The molecule has 0 heterocycles. The van der Waals surface area contributed by atoms with E-state index in [4.69, 9.17) is 0 Å². The molecule has 0 aromatic heterocycles. The highest BCUT2D eigenvalue weighted by Gasteiger charge is 2.35. The highest BCUT2D eigenvalue weighted by atomic mass is 15.1. The average Bonchev–Trinajstić information content (AvgIpc) is 3.41. The molecule has 0 fully saturated rings. The third-order valence-electron chi connectivity index (χ3n) is 10.5. The molecule has 0 N–H and O–H groups in total. The van der Waals surface area contributed by atoms with Crippen LogP contribution in [0.1, 0.15) is 25.0 Å². The van der Waals surface area contributed by atoms with E-state index in [0.717, 1.165) is 17.1 Å². The first kappa shape index (κ1) is 29.9. The molecule has 9 rings (SSSR count). The Labute approximate surface area is 294 Å². The fraction of sp³-hybridized carbons (Fsp3) is 0.0612. The summed E-state index contributed by atoms with van der Waals surface area (Å²) in [4.78, 5) is 2.34. The number of benzene rings is 8. The minimum absolute atomic E-state index is 0.0210. The third kappa shape index (κ3) is 5.02. The van der Waals surface area contributed by atoms with Gasteiger partial charge in [0.25, 0.3) is 0 Å². The zero-order valence-electron chi connectivity index (χ0n) is 28.3. The predicted octanol–water partition coefficient (Wildman–Crippen LogP) is 13.6. The monoisotopic (exact) mass is 639 g/mol. The first-order valence-electron chi connectivity index (χ1n) is 17.4. The summed E-state index contributed by atoms with van der Waals surface area (Å²) in [5.41, 5.74) is 16.2. The Morgan fingerprint density at radius 2 is 0.900 bits per heavy atom. The molecule has 0 bridgehead atoms. The highest BCUT2D eigenvalue weighted by Crippen LogP contribution is 2.49. The lowest BCUT2D eigenvalue weighted by molar-refractivity contribution is 0.660. The molecule has 0 saturated heterocycles. The topological polar surface area (TPSA) is 3.24 Å². The predicted molar refractivity (Wildman–Crippen MR) is 213 cm³/mol. The van der Waals surface area contributed by atoms with Crippen molar-refractivity contribution in [3.63, 3.8) is 0 Å². The molecule has 8 aromatic rings. The van der Waals surface area contributed by atoms with E-state index in [9.17, 15) is 0 Å². The molecule has 1 aliphatic carbocycles. The van der Waals surface area contributed by atoms with Crippen molar-refractivity contribution in [3.8, 4) is 44.5 Å². The maximum Gasteiger partial charge on any atom is 0.0462 e. The standard InChI is InChI=1S/C49H37N/c1-49(2)46-20-12-11-19-44(46)45-32-26-38(33-47(45)49)34-21-27-40(28-22-34)50(39-16-7-4-8-17-39)41-29-23-36(24-30-41)43-31-25-35-13-9-10-18-42(35)48(43)37-14-5-3-6-15-37/h3-33H,1-2H3. The van der Waals surface area contributed by atoms with Gasteiger partial charge in [-0.25, -0.2) is 0 Å². The first-order valence-corrected chi connectivity index (χ1v) is 17.4. The van der Waals surface area contributed by atoms with Crippen molar-refractivity contribution in [2.75, 3.05) is 4.90 Å². The molecule has 0 radical (unpaired) electrons. The molecule has 1 heteroatoms. The molecule has 238 valence electrons. The van der Waals surface area contributed by atoms with Gasteiger partial charge in [0.05, 0.1) is 0 Å². The van der Waals surface area contributed by atoms with Crippen LogP contribution in [0.3, 0.4) is 0 Å². The number of para-hydroxylation sites is 1. The Bertz CT molecular complexity index is 2470. The van der Waals surface area contributed by atoms with Crippen LogP contribution in [0.25, 0.3) is 55.3 Å². The molecule has 1 aliphatic rings. The molecule has 0 aliphatic heterocycles. The highest BCUT2D eigenvalue weighted by molar-refractivity contribution is 6.04. The molecule has 0 unspecified atom stereocenters. The zero-order chi connectivity index (χ0) is 33.7. The second-order valence-corrected chi connectivity index (χ2v) is 13.8. The second-order valence-electron chi connectivity index (χ2n) is 13.8. The van der Waals surface area contributed by atoms with Crippen LogP contribution in [0, 0.1) is 0 Å². The maximum atomic E-state index is 2.40. The summed E-state index contributed by atoms with van der Waals surface area (Å²) in [6, 6.07) is 68.5. The van der Waals surface area contributed by atoms with Crippen LogP contribution in [-0.2, 0) is 5.41 Å². The normalized spacial score (nSPS) is 12.8. The SMILES string of the molecule is CC1(C)c2ccccc2-c2ccc(-c3ccc(N(c4ccccc4)c4ccc(-c5ccc6ccccc6c5-c5ccccc5)cc4)cc3)cc21. The third-order valence-corrected chi connectivity index (χ3v) is 10.5. The van der Waals surface area contributed by atoms with E-state index >= 15 is 0 Å². The minimum Gasteiger partial charge on any atom is -0.311 e. The summed E-state index contributed by atoms with van der Waals surface area (Å²) in [5, 5.41) is 2.52. The van der Waals surface area contributed by atoms with Gasteiger partial charge in [0.15, 0.2) is 0 Å². The van der Waals surface area contributed by atoms with Crippen molar-refractivity contribution in [3.05, 3.63) is 199 Å². The van der Waals surface area contributed by atoms with Gasteiger partial charge in [0.1, 0.15) is 0 Å². The van der Waals surface area contributed by atoms with Crippen molar-refractivity contribution in [1.29, 1.82) is 0 Å². The number of anilines is 3. The van der Waals surface area contributed by atoms with Crippen molar-refractivity contribution < 1.29 is 0 Å². The Morgan fingerprint density at radius 1 is 0.360 bits per heavy atom. The lowest BCUT2D eigenvalue weighted by Crippen LogP contribution is -2.14. The van der Waals surface area contributed by atoms with E-state index in [-0.39, 0.29) is 5.41 Å². The summed E-state index contributed by atoms with van der Waals surface area (Å²) < 4.78 is 0. The molecule has 8 aromatic carbocycles. The van der Waals surface area contributed by atoms with E-state index in [1.165, 1.54) is 66.4 Å². The number of rotatable bonds is 6. The van der Waals surface area contributed by atoms with E-state index in [0.29, 0.717) is 0 Å². The number of fused-ring (bicyclic) bond motifs is 4. The molecule has 0 saturated carbocycles. The van der Waals surface area contributed by atoms with Gasteiger partial charge in [-0.2, -0.15) is 0 Å². The van der Waals surface area contributed by atoms with E-state index in [1.807, 2.05) is 0 Å². The second kappa shape index (κ2) is 12.1. The Kier molecular flexibility index (Phi) is 7.21. The van der Waals surface area contributed by atoms with Crippen LogP contribution >= 0.6 is 0 Å². The summed E-state index contributed by atoms with van der Waals surface area (Å²) in [6.45, 7) is 4.69. The summed E-state index contributed by atoms with van der Waals surface area (Å²) in [6.07, 6.45) is 0. The molecule has 0 atom stereocenters. The Balaban J connectivity index is 1.08. The maximum absolute atomic E-state index is 2.40. The lowest BCUT2D eigenvalue weighted by Gasteiger charge is -2.26. The molecular formula is C49H37N. The van der Waals surface area contributed by atoms with Crippen molar-refractivity contribution >= 4 is 27.8 Å². The van der Waals surface area contributed by atoms with Gasteiger partial charge in [0.2, 0.25) is 0 Å². The van der Waals surface area contributed by atoms with Gasteiger partial charge in [0, 0.05) is 22.5 Å². The Hall–Kier alpha value is -6.18. The number of nitrogens with zero attached hydrogens (tertiary/aromatic N) is 1. The van der Waals surface area contributed by atoms with Crippen molar-refractivity contribution in [2.45, 2.75) is 19.3 Å². The first-order chi connectivity index (χ1) is 24.6. The van der Waals surface area contributed by atoms with Gasteiger partial charge in [-0.1, -0.05) is 159 Å².